The number of carbonyl (C=O) groups is 1. The average Bonchev–Trinajstić information content (AvgIpc) is 3.22. The van der Waals surface area contributed by atoms with Gasteiger partial charge in [0, 0.05) is 31.8 Å². The van der Waals surface area contributed by atoms with Gasteiger partial charge in [-0.3, -0.25) is 4.79 Å². The highest BCUT2D eigenvalue weighted by molar-refractivity contribution is 5.77. The lowest BCUT2D eigenvalue weighted by molar-refractivity contribution is -0.138. The molecule has 5 nitrogen and oxygen atoms in total. The quantitative estimate of drug-likeness (QED) is 0.405. The summed E-state index contributed by atoms with van der Waals surface area (Å²) in [5.74, 6) is -1.51. The van der Waals surface area contributed by atoms with E-state index >= 15 is 0 Å². The first kappa shape index (κ1) is 22.3. The Morgan fingerprint density at radius 1 is 0.939 bits per heavy atom. The highest BCUT2D eigenvalue weighted by atomic mass is 16.4. The van der Waals surface area contributed by atoms with Gasteiger partial charge >= 0.3 is 5.97 Å². The summed E-state index contributed by atoms with van der Waals surface area (Å²) in [6, 6.07) is 26.2. The molecule has 0 aliphatic heterocycles. The van der Waals surface area contributed by atoms with Crippen LogP contribution in [-0.4, -0.2) is 35.0 Å². The minimum atomic E-state index is -0.846. The molecule has 0 radical (unpaired) electrons. The maximum Gasteiger partial charge on any atom is 0.311 e. The molecule has 0 saturated heterocycles. The number of rotatable bonds is 7. The van der Waals surface area contributed by atoms with Gasteiger partial charge < -0.3 is 10.0 Å². The van der Waals surface area contributed by atoms with Crippen molar-refractivity contribution in [1.29, 1.82) is 0 Å². The predicted octanol–water partition coefficient (Wildman–Crippen LogP) is 5.63. The summed E-state index contributed by atoms with van der Waals surface area (Å²) in [5, 5.41) is 14.8. The maximum atomic E-state index is 12.2. The third-order valence-corrected chi connectivity index (χ3v) is 5.85. The van der Waals surface area contributed by atoms with Crippen LogP contribution < -0.4 is 4.90 Å². The molecule has 168 valence electrons. The van der Waals surface area contributed by atoms with Gasteiger partial charge in [0.1, 0.15) is 0 Å². The third-order valence-electron chi connectivity index (χ3n) is 5.85. The Hall–Kier alpha value is -3.86. The van der Waals surface area contributed by atoms with Crippen molar-refractivity contribution < 1.29 is 9.90 Å². The number of hydrogen-bond donors (Lipinski definition) is 1. The second-order valence-electron chi connectivity index (χ2n) is 8.72. The van der Waals surface area contributed by atoms with Crippen LogP contribution in [0.25, 0.3) is 16.9 Å². The minimum Gasteiger partial charge on any atom is -0.481 e. The molecule has 3 aromatic carbocycles. The maximum absolute atomic E-state index is 12.2. The Balaban J connectivity index is 1.80. The van der Waals surface area contributed by atoms with E-state index in [0.717, 1.165) is 39.5 Å². The van der Waals surface area contributed by atoms with Crippen LogP contribution in [0.15, 0.2) is 78.9 Å². The number of aromatic nitrogens is 2. The molecule has 1 atom stereocenters. The lowest BCUT2D eigenvalue weighted by atomic mass is 9.93. The van der Waals surface area contributed by atoms with Crippen LogP contribution in [-0.2, 0) is 11.2 Å². The van der Waals surface area contributed by atoms with Crippen molar-refractivity contribution in [3.63, 3.8) is 0 Å². The molecule has 0 saturated carbocycles. The van der Waals surface area contributed by atoms with Gasteiger partial charge in [-0.1, -0.05) is 59.7 Å². The van der Waals surface area contributed by atoms with Crippen LogP contribution in [0.2, 0.25) is 0 Å². The van der Waals surface area contributed by atoms with Crippen molar-refractivity contribution in [3.05, 3.63) is 101 Å². The fourth-order valence-electron chi connectivity index (χ4n) is 4.01. The SMILES string of the molecule is Cc1ccc(-n2nc(CC(C(=O)O)c3cccc(C)c3)cc2-c2cccc(N(C)C)c2)cc1. The Bertz CT molecular complexity index is 1270. The molecule has 1 heterocycles. The minimum absolute atomic E-state index is 0.317. The third kappa shape index (κ3) is 4.98. The van der Waals surface area contributed by atoms with E-state index in [0.29, 0.717) is 6.42 Å². The van der Waals surface area contributed by atoms with Gasteiger partial charge in [-0.25, -0.2) is 4.68 Å². The van der Waals surface area contributed by atoms with Crippen molar-refractivity contribution in [3.8, 4) is 16.9 Å². The molecule has 5 heteroatoms. The lowest BCUT2D eigenvalue weighted by Crippen LogP contribution is -2.15. The number of nitrogens with zero attached hydrogens (tertiary/aromatic N) is 3. The molecule has 33 heavy (non-hydrogen) atoms. The van der Waals surface area contributed by atoms with Crippen LogP contribution in [0.5, 0.6) is 0 Å². The topological polar surface area (TPSA) is 58.4 Å². The van der Waals surface area contributed by atoms with Crippen LogP contribution >= 0.6 is 0 Å². The molecule has 0 fully saturated rings. The van der Waals surface area contributed by atoms with Crippen LogP contribution in [0.1, 0.15) is 28.3 Å². The summed E-state index contributed by atoms with van der Waals surface area (Å²) in [7, 11) is 4.03. The average molecular weight is 440 g/mol. The number of anilines is 1. The Labute approximate surface area is 194 Å². The van der Waals surface area contributed by atoms with E-state index in [-0.39, 0.29) is 0 Å². The van der Waals surface area contributed by atoms with Gasteiger partial charge in [0.15, 0.2) is 0 Å². The fraction of sp³-hybridized carbons (Fsp3) is 0.214. The molecule has 1 N–H and O–H groups in total. The molecule has 0 spiro atoms. The summed E-state index contributed by atoms with van der Waals surface area (Å²) in [6.45, 7) is 4.03. The number of aryl methyl sites for hydroxylation is 2. The molecule has 0 aliphatic rings. The van der Waals surface area contributed by atoms with E-state index in [9.17, 15) is 9.90 Å². The zero-order valence-electron chi connectivity index (χ0n) is 19.5. The number of hydrogen-bond acceptors (Lipinski definition) is 3. The molecule has 4 rings (SSSR count). The summed E-state index contributed by atoms with van der Waals surface area (Å²) in [6.07, 6.45) is 0.317. The lowest BCUT2D eigenvalue weighted by Gasteiger charge is -2.14. The molecule has 0 amide bonds. The van der Waals surface area contributed by atoms with Gasteiger partial charge in [-0.05, 0) is 49.7 Å². The standard InChI is InChI=1S/C28H29N3O2/c1-19-11-13-24(14-12-19)31-27(22-9-6-10-25(16-22)30(3)4)18-23(29-31)17-26(28(32)33)21-8-5-7-20(2)15-21/h5-16,18,26H,17H2,1-4H3,(H,32,33). The van der Waals surface area contributed by atoms with Gasteiger partial charge in [-0.15, -0.1) is 0 Å². The number of carboxylic acid groups (broad SMARTS) is 1. The van der Waals surface area contributed by atoms with E-state index in [1.807, 2.05) is 74.2 Å². The van der Waals surface area contributed by atoms with Crippen molar-refractivity contribution >= 4 is 11.7 Å². The summed E-state index contributed by atoms with van der Waals surface area (Å²) in [5.41, 5.74) is 7.76. The summed E-state index contributed by atoms with van der Waals surface area (Å²) >= 11 is 0. The van der Waals surface area contributed by atoms with Crippen molar-refractivity contribution in [2.75, 3.05) is 19.0 Å². The summed E-state index contributed by atoms with van der Waals surface area (Å²) < 4.78 is 1.92. The summed E-state index contributed by atoms with van der Waals surface area (Å²) in [4.78, 5) is 14.2. The van der Waals surface area contributed by atoms with Crippen molar-refractivity contribution in [1.82, 2.24) is 9.78 Å². The second kappa shape index (κ2) is 9.33. The van der Waals surface area contributed by atoms with Gasteiger partial charge in [0.25, 0.3) is 0 Å². The zero-order chi connectivity index (χ0) is 23.5. The van der Waals surface area contributed by atoms with Gasteiger partial charge in [0.2, 0.25) is 0 Å². The smallest absolute Gasteiger partial charge is 0.311 e. The van der Waals surface area contributed by atoms with E-state index in [4.69, 9.17) is 5.10 Å². The number of aliphatic carboxylic acids is 1. The van der Waals surface area contributed by atoms with E-state index in [1.54, 1.807) is 0 Å². The van der Waals surface area contributed by atoms with E-state index in [1.165, 1.54) is 5.56 Å². The zero-order valence-corrected chi connectivity index (χ0v) is 19.5. The first-order valence-corrected chi connectivity index (χ1v) is 11.0. The largest absolute Gasteiger partial charge is 0.481 e. The molecule has 1 unspecified atom stereocenters. The monoisotopic (exact) mass is 439 g/mol. The van der Waals surface area contributed by atoms with Gasteiger partial charge in [0.05, 0.1) is 23.0 Å². The van der Waals surface area contributed by atoms with Crippen molar-refractivity contribution in [2.24, 2.45) is 0 Å². The molecular formula is C28H29N3O2. The molecule has 0 aliphatic carbocycles. The molecule has 1 aromatic heterocycles. The molecule has 4 aromatic rings. The van der Waals surface area contributed by atoms with Gasteiger partial charge in [-0.2, -0.15) is 5.10 Å². The normalized spacial score (nSPS) is 11.9. The van der Waals surface area contributed by atoms with Crippen LogP contribution in [0.3, 0.4) is 0 Å². The van der Waals surface area contributed by atoms with E-state index < -0.39 is 11.9 Å². The Kier molecular flexibility index (Phi) is 6.31. The first-order valence-electron chi connectivity index (χ1n) is 11.0. The van der Waals surface area contributed by atoms with E-state index in [2.05, 4.69) is 42.2 Å². The van der Waals surface area contributed by atoms with Crippen LogP contribution in [0, 0.1) is 13.8 Å². The number of carboxylic acids is 1. The number of benzene rings is 3. The highest BCUT2D eigenvalue weighted by Gasteiger charge is 2.23. The molecule has 0 bridgehead atoms. The highest BCUT2D eigenvalue weighted by Crippen LogP contribution is 2.30. The van der Waals surface area contributed by atoms with Crippen LogP contribution in [0.4, 0.5) is 5.69 Å². The first-order chi connectivity index (χ1) is 15.8. The molecular weight excluding hydrogens is 410 g/mol. The Morgan fingerprint density at radius 3 is 2.33 bits per heavy atom. The predicted molar refractivity (Wildman–Crippen MR) is 133 cm³/mol. The Morgan fingerprint density at radius 2 is 1.67 bits per heavy atom. The van der Waals surface area contributed by atoms with Crippen molar-refractivity contribution in [2.45, 2.75) is 26.2 Å². The fourth-order valence-corrected chi connectivity index (χ4v) is 4.01. The second-order valence-corrected chi connectivity index (χ2v) is 8.72.